The molecule has 4 nitrogen and oxygen atoms in total. The fourth-order valence-corrected chi connectivity index (χ4v) is 2.06. The van der Waals surface area contributed by atoms with Gasteiger partial charge in [0.05, 0.1) is 13.7 Å². The van der Waals surface area contributed by atoms with Gasteiger partial charge in [0.2, 0.25) is 0 Å². The fourth-order valence-electron chi connectivity index (χ4n) is 1.33. The predicted molar refractivity (Wildman–Crippen MR) is 60.9 cm³/mol. The number of rotatable bonds is 4. The molecule has 0 aromatic heterocycles. The highest BCUT2D eigenvalue weighted by Gasteiger charge is 2.13. The highest BCUT2D eigenvalue weighted by Crippen LogP contribution is 2.35. The first-order valence-corrected chi connectivity index (χ1v) is 5.27. The first-order chi connectivity index (χ1) is 7.10. The van der Waals surface area contributed by atoms with Gasteiger partial charge in [-0.05, 0) is 17.7 Å². The van der Waals surface area contributed by atoms with Gasteiger partial charge >= 0.3 is 0 Å². The van der Waals surface area contributed by atoms with Crippen molar-refractivity contribution in [1.29, 1.82) is 0 Å². The summed E-state index contributed by atoms with van der Waals surface area (Å²) in [7, 11) is 1.51. The molecule has 0 radical (unpaired) electrons. The average molecular weight is 276 g/mol. The Morgan fingerprint density at radius 3 is 2.73 bits per heavy atom. The van der Waals surface area contributed by atoms with E-state index >= 15 is 0 Å². The van der Waals surface area contributed by atoms with Gasteiger partial charge in [-0.1, -0.05) is 22.9 Å². The minimum absolute atomic E-state index is 0.106. The topological polar surface area (TPSA) is 64.7 Å². The summed E-state index contributed by atoms with van der Waals surface area (Å²) in [6.07, 6.45) is 0. The van der Waals surface area contributed by atoms with Crippen LogP contribution in [-0.2, 0) is 4.84 Å². The summed E-state index contributed by atoms with van der Waals surface area (Å²) >= 11 is 3.37. The van der Waals surface area contributed by atoms with E-state index < -0.39 is 0 Å². The Morgan fingerprint density at radius 2 is 2.20 bits per heavy atom. The van der Waals surface area contributed by atoms with Gasteiger partial charge in [-0.2, -0.15) is 0 Å². The van der Waals surface area contributed by atoms with Crippen molar-refractivity contribution in [3.05, 3.63) is 22.2 Å². The zero-order valence-electron chi connectivity index (χ0n) is 8.66. The third-order valence-corrected chi connectivity index (χ3v) is 2.86. The molecule has 3 N–H and O–H groups in total. The largest absolute Gasteiger partial charge is 0.504 e. The number of ether oxygens (including phenoxy) is 1. The number of phenols is 1. The Hall–Kier alpha value is -0.780. The van der Waals surface area contributed by atoms with Crippen LogP contribution in [0.15, 0.2) is 16.6 Å². The Labute approximate surface area is 97.1 Å². The zero-order chi connectivity index (χ0) is 11.4. The maximum Gasteiger partial charge on any atom is 0.160 e. The van der Waals surface area contributed by atoms with Crippen LogP contribution in [0.1, 0.15) is 18.4 Å². The van der Waals surface area contributed by atoms with Gasteiger partial charge in [0, 0.05) is 10.4 Å². The van der Waals surface area contributed by atoms with Crippen molar-refractivity contribution in [3.8, 4) is 11.5 Å². The highest BCUT2D eigenvalue weighted by atomic mass is 79.9. The monoisotopic (exact) mass is 275 g/mol. The molecule has 15 heavy (non-hydrogen) atoms. The molecule has 0 amide bonds. The molecule has 1 atom stereocenters. The molecule has 0 aliphatic carbocycles. The maximum absolute atomic E-state index is 9.52. The molecule has 1 aromatic carbocycles. The second-order valence-electron chi connectivity index (χ2n) is 3.28. The van der Waals surface area contributed by atoms with E-state index in [9.17, 15) is 5.11 Å². The van der Waals surface area contributed by atoms with E-state index in [4.69, 9.17) is 10.6 Å². The van der Waals surface area contributed by atoms with Gasteiger partial charge < -0.3 is 14.7 Å². The number of hydrogen-bond donors (Lipinski definition) is 2. The van der Waals surface area contributed by atoms with E-state index in [1.807, 2.05) is 6.92 Å². The average Bonchev–Trinajstić information content (AvgIpc) is 2.18. The Kier molecular flexibility index (Phi) is 4.38. The molecule has 1 unspecified atom stereocenters. The molecule has 0 fully saturated rings. The van der Waals surface area contributed by atoms with E-state index in [0.29, 0.717) is 12.4 Å². The normalized spacial score (nSPS) is 12.5. The molecular formula is C10H14BrNO3. The van der Waals surface area contributed by atoms with Crippen LogP contribution in [0, 0.1) is 0 Å². The van der Waals surface area contributed by atoms with Gasteiger partial charge in [-0.25, -0.2) is 5.90 Å². The quantitative estimate of drug-likeness (QED) is 0.827. The lowest BCUT2D eigenvalue weighted by Gasteiger charge is -2.14. The van der Waals surface area contributed by atoms with Crippen molar-refractivity contribution >= 4 is 15.9 Å². The Balaban J connectivity index is 3.06. The Morgan fingerprint density at radius 1 is 1.53 bits per heavy atom. The smallest absolute Gasteiger partial charge is 0.160 e. The van der Waals surface area contributed by atoms with Gasteiger partial charge in [0.1, 0.15) is 0 Å². The number of phenolic OH excluding ortho intramolecular Hbond substituents is 1. The third kappa shape index (κ3) is 2.84. The standard InChI is InChI=1S/C10H14BrNO3/c1-6(5-15-12)7-3-10(14-2)9(13)4-8(7)11/h3-4,6,13H,5,12H2,1-2H3. The van der Waals surface area contributed by atoms with E-state index in [-0.39, 0.29) is 11.7 Å². The van der Waals surface area contributed by atoms with E-state index in [0.717, 1.165) is 10.0 Å². The van der Waals surface area contributed by atoms with Crippen LogP contribution in [0.25, 0.3) is 0 Å². The molecule has 0 aliphatic heterocycles. The van der Waals surface area contributed by atoms with Crippen molar-refractivity contribution in [2.45, 2.75) is 12.8 Å². The second kappa shape index (κ2) is 5.34. The molecular weight excluding hydrogens is 262 g/mol. The van der Waals surface area contributed by atoms with Gasteiger partial charge in [-0.3, -0.25) is 0 Å². The maximum atomic E-state index is 9.52. The van der Waals surface area contributed by atoms with Crippen LogP contribution in [0.4, 0.5) is 0 Å². The van der Waals surface area contributed by atoms with Crippen LogP contribution in [0.5, 0.6) is 11.5 Å². The number of aromatic hydroxyl groups is 1. The summed E-state index contributed by atoms with van der Waals surface area (Å²) in [5.74, 6) is 5.69. The van der Waals surface area contributed by atoms with Crippen molar-refractivity contribution < 1.29 is 14.7 Å². The summed E-state index contributed by atoms with van der Waals surface area (Å²) in [6, 6.07) is 3.37. The lowest BCUT2D eigenvalue weighted by atomic mass is 10.0. The molecule has 84 valence electrons. The molecule has 0 aliphatic rings. The third-order valence-electron chi connectivity index (χ3n) is 2.18. The number of nitrogens with two attached hydrogens (primary N) is 1. The summed E-state index contributed by atoms with van der Waals surface area (Å²) in [5.41, 5.74) is 0.982. The second-order valence-corrected chi connectivity index (χ2v) is 4.13. The van der Waals surface area contributed by atoms with Crippen LogP contribution in [-0.4, -0.2) is 18.8 Å². The van der Waals surface area contributed by atoms with Crippen molar-refractivity contribution in [3.63, 3.8) is 0 Å². The van der Waals surface area contributed by atoms with E-state index in [1.54, 1.807) is 12.1 Å². The van der Waals surface area contributed by atoms with E-state index in [2.05, 4.69) is 20.8 Å². The summed E-state index contributed by atoms with van der Waals surface area (Å²) in [5, 5.41) is 9.52. The number of halogens is 1. The molecule has 1 rings (SSSR count). The first kappa shape index (κ1) is 12.3. The summed E-state index contributed by atoms with van der Waals surface area (Å²) in [6.45, 7) is 2.38. The lowest BCUT2D eigenvalue weighted by Crippen LogP contribution is -2.09. The summed E-state index contributed by atoms with van der Waals surface area (Å²) < 4.78 is 5.84. The molecule has 0 spiro atoms. The molecule has 0 saturated heterocycles. The molecule has 1 aromatic rings. The van der Waals surface area contributed by atoms with Crippen molar-refractivity contribution in [1.82, 2.24) is 0 Å². The van der Waals surface area contributed by atoms with Crippen LogP contribution in [0.2, 0.25) is 0 Å². The van der Waals surface area contributed by atoms with Crippen molar-refractivity contribution in [2.24, 2.45) is 5.90 Å². The SMILES string of the molecule is COc1cc(C(C)CON)c(Br)cc1O. The van der Waals surface area contributed by atoms with Gasteiger partial charge in [0.25, 0.3) is 0 Å². The van der Waals surface area contributed by atoms with Crippen molar-refractivity contribution in [2.75, 3.05) is 13.7 Å². The fraction of sp³-hybridized carbons (Fsp3) is 0.400. The lowest BCUT2D eigenvalue weighted by molar-refractivity contribution is 0.126. The minimum atomic E-state index is 0.106. The van der Waals surface area contributed by atoms with Gasteiger partial charge in [-0.15, -0.1) is 0 Å². The zero-order valence-corrected chi connectivity index (χ0v) is 10.2. The van der Waals surface area contributed by atoms with E-state index in [1.165, 1.54) is 7.11 Å². The minimum Gasteiger partial charge on any atom is -0.504 e. The number of hydrogen-bond acceptors (Lipinski definition) is 4. The first-order valence-electron chi connectivity index (χ1n) is 4.48. The van der Waals surface area contributed by atoms with Crippen LogP contribution in [0.3, 0.4) is 0 Å². The summed E-state index contributed by atoms with van der Waals surface area (Å²) in [4.78, 5) is 4.59. The molecule has 0 saturated carbocycles. The molecule has 5 heteroatoms. The number of benzene rings is 1. The van der Waals surface area contributed by atoms with Gasteiger partial charge in [0.15, 0.2) is 11.5 Å². The highest BCUT2D eigenvalue weighted by molar-refractivity contribution is 9.10. The number of methoxy groups -OCH3 is 1. The molecule has 0 heterocycles. The molecule has 0 bridgehead atoms. The predicted octanol–water partition coefficient (Wildman–Crippen LogP) is 2.16. The van der Waals surface area contributed by atoms with Crippen LogP contribution < -0.4 is 10.6 Å². The van der Waals surface area contributed by atoms with Crippen LogP contribution >= 0.6 is 15.9 Å². The Bertz CT molecular complexity index is 344.